The Hall–Kier alpha value is -0.910. The lowest BCUT2D eigenvalue weighted by atomic mass is 10.0. The Morgan fingerprint density at radius 3 is 2.55 bits per heavy atom. The molecule has 0 saturated carbocycles. The van der Waals surface area contributed by atoms with Crippen LogP contribution in [0.2, 0.25) is 0 Å². The Labute approximate surface area is 122 Å². The smallest absolute Gasteiger partial charge is 0.218 e. The van der Waals surface area contributed by atoms with Gasteiger partial charge in [0.2, 0.25) is 10.0 Å². The molecule has 5 heteroatoms. The van der Waals surface area contributed by atoms with Crippen LogP contribution in [0.3, 0.4) is 0 Å². The summed E-state index contributed by atoms with van der Waals surface area (Å²) in [6.45, 7) is 5.20. The van der Waals surface area contributed by atoms with E-state index in [2.05, 4.69) is 13.8 Å². The molecular formula is C15H24N2O2S. The number of hydrogen-bond donors (Lipinski definition) is 1. The maximum atomic E-state index is 12.7. The van der Waals surface area contributed by atoms with Crippen LogP contribution in [0.5, 0.6) is 0 Å². The van der Waals surface area contributed by atoms with Gasteiger partial charge in [-0.3, -0.25) is 0 Å². The zero-order valence-electron chi connectivity index (χ0n) is 12.2. The van der Waals surface area contributed by atoms with Gasteiger partial charge >= 0.3 is 0 Å². The van der Waals surface area contributed by atoms with Crippen LogP contribution in [0.4, 0.5) is 0 Å². The summed E-state index contributed by atoms with van der Waals surface area (Å²) >= 11 is 0. The second kappa shape index (κ2) is 6.24. The van der Waals surface area contributed by atoms with Gasteiger partial charge in [0.05, 0.1) is 5.75 Å². The minimum atomic E-state index is -3.26. The maximum Gasteiger partial charge on any atom is 0.218 e. The summed E-state index contributed by atoms with van der Waals surface area (Å²) in [4.78, 5) is 0. The van der Waals surface area contributed by atoms with E-state index in [0.717, 1.165) is 24.0 Å². The van der Waals surface area contributed by atoms with Gasteiger partial charge in [-0.05, 0) is 29.9 Å². The van der Waals surface area contributed by atoms with Gasteiger partial charge in [0.25, 0.3) is 0 Å². The van der Waals surface area contributed by atoms with Gasteiger partial charge in [0.1, 0.15) is 0 Å². The maximum absolute atomic E-state index is 12.7. The number of nitrogens with zero attached hydrogens (tertiary/aromatic N) is 1. The monoisotopic (exact) mass is 296 g/mol. The minimum absolute atomic E-state index is 0.0591. The molecule has 112 valence electrons. The van der Waals surface area contributed by atoms with Crippen LogP contribution in [0, 0.1) is 5.92 Å². The third-order valence-corrected chi connectivity index (χ3v) is 5.90. The molecule has 0 aromatic heterocycles. The van der Waals surface area contributed by atoms with Crippen LogP contribution in [-0.2, 0) is 22.3 Å². The van der Waals surface area contributed by atoms with E-state index in [1.54, 1.807) is 4.31 Å². The molecule has 1 unspecified atom stereocenters. The molecule has 1 saturated heterocycles. The van der Waals surface area contributed by atoms with E-state index in [1.165, 1.54) is 0 Å². The van der Waals surface area contributed by atoms with E-state index < -0.39 is 10.0 Å². The van der Waals surface area contributed by atoms with E-state index in [-0.39, 0.29) is 11.8 Å². The highest BCUT2D eigenvalue weighted by atomic mass is 32.2. The van der Waals surface area contributed by atoms with Gasteiger partial charge < -0.3 is 5.73 Å². The lowest BCUT2D eigenvalue weighted by Gasteiger charge is -2.27. The molecule has 1 aromatic rings. The fourth-order valence-electron chi connectivity index (χ4n) is 2.95. The van der Waals surface area contributed by atoms with Crippen molar-refractivity contribution in [2.24, 2.45) is 11.7 Å². The van der Waals surface area contributed by atoms with E-state index in [9.17, 15) is 8.42 Å². The fraction of sp³-hybridized carbons (Fsp3) is 0.600. The third kappa shape index (κ3) is 3.22. The number of nitrogens with two attached hydrogens (primary N) is 1. The first-order chi connectivity index (χ1) is 9.45. The topological polar surface area (TPSA) is 63.4 Å². The van der Waals surface area contributed by atoms with Crippen molar-refractivity contribution in [3.05, 3.63) is 35.4 Å². The predicted molar refractivity (Wildman–Crippen MR) is 81.5 cm³/mol. The molecule has 4 nitrogen and oxygen atoms in total. The molecular weight excluding hydrogens is 272 g/mol. The molecule has 1 fully saturated rings. The fourth-order valence-corrected chi connectivity index (χ4v) is 4.96. The number of sulfonamides is 1. The number of hydrogen-bond acceptors (Lipinski definition) is 3. The van der Waals surface area contributed by atoms with E-state index in [4.69, 9.17) is 5.73 Å². The summed E-state index contributed by atoms with van der Waals surface area (Å²) in [5.41, 5.74) is 7.43. The van der Waals surface area contributed by atoms with Gasteiger partial charge in [-0.2, -0.15) is 4.31 Å². The molecule has 1 aliphatic heterocycles. The minimum Gasteiger partial charge on any atom is -0.326 e. The molecule has 0 aliphatic carbocycles. The molecule has 0 spiro atoms. The van der Waals surface area contributed by atoms with Gasteiger partial charge in [-0.25, -0.2) is 8.42 Å². The van der Waals surface area contributed by atoms with E-state index in [1.807, 2.05) is 24.3 Å². The van der Waals surface area contributed by atoms with Gasteiger partial charge in [-0.15, -0.1) is 0 Å². The molecule has 2 N–H and O–H groups in total. The highest BCUT2D eigenvalue weighted by molar-refractivity contribution is 7.88. The summed E-state index contributed by atoms with van der Waals surface area (Å²) < 4.78 is 27.0. The predicted octanol–water partition coefficient (Wildman–Crippen LogP) is 2.10. The van der Waals surface area contributed by atoms with Gasteiger partial charge in [0, 0.05) is 19.1 Å². The molecule has 1 aliphatic rings. The van der Waals surface area contributed by atoms with Gasteiger partial charge in [-0.1, -0.05) is 38.1 Å². The van der Waals surface area contributed by atoms with Crippen molar-refractivity contribution >= 4 is 10.0 Å². The summed E-state index contributed by atoms with van der Waals surface area (Å²) in [6.07, 6.45) is 1.93. The lowest BCUT2D eigenvalue weighted by molar-refractivity contribution is 0.315. The molecule has 0 bridgehead atoms. The first kappa shape index (κ1) is 15.5. The van der Waals surface area contributed by atoms with Crippen molar-refractivity contribution in [1.29, 1.82) is 0 Å². The normalized spacial score (nSPS) is 20.7. The van der Waals surface area contributed by atoms with Crippen molar-refractivity contribution in [3.8, 4) is 0 Å². The first-order valence-corrected chi connectivity index (χ1v) is 8.83. The van der Waals surface area contributed by atoms with Crippen molar-refractivity contribution in [3.63, 3.8) is 0 Å². The molecule has 20 heavy (non-hydrogen) atoms. The highest BCUT2D eigenvalue weighted by Crippen LogP contribution is 2.28. The standard InChI is InChI=1S/C15H24N2O2S/c1-12(2)15-8-5-9-17(15)20(18,19)11-14-7-4-3-6-13(14)10-16/h3-4,6-7,12,15H,5,8-11,16H2,1-2H3. The second-order valence-corrected chi connectivity index (χ2v) is 7.71. The summed E-state index contributed by atoms with van der Waals surface area (Å²) in [5, 5.41) is 0. The van der Waals surface area contributed by atoms with E-state index in [0.29, 0.717) is 19.0 Å². The van der Waals surface area contributed by atoms with E-state index >= 15 is 0 Å². The highest BCUT2D eigenvalue weighted by Gasteiger charge is 2.35. The zero-order valence-corrected chi connectivity index (χ0v) is 13.1. The average molecular weight is 296 g/mol. The average Bonchev–Trinajstić information content (AvgIpc) is 2.89. The molecule has 1 aromatic carbocycles. The molecule has 0 radical (unpaired) electrons. The van der Waals surface area contributed by atoms with Crippen LogP contribution in [0.15, 0.2) is 24.3 Å². The molecule has 2 rings (SSSR count). The third-order valence-electron chi connectivity index (χ3n) is 4.05. The quantitative estimate of drug-likeness (QED) is 0.905. The van der Waals surface area contributed by atoms with Crippen LogP contribution in [-0.4, -0.2) is 25.3 Å². The Kier molecular flexibility index (Phi) is 4.83. The largest absolute Gasteiger partial charge is 0.326 e. The second-order valence-electron chi connectivity index (χ2n) is 5.79. The van der Waals surface area contributed by atoms with Crippen molar-refractivity contribution in [1.82, 2.24) is 4.31 Å². The Bertz CT molecular complexity index is 555. The first-order valence-electron chi connectivity index (χ1n) is 7.22. The van der Waals surface area contributed by atoms with Crippen LogP contribution in [0.1, 0.15) is 37.8 Å². The lowest BCUT2D eigenvalue weighted by Crippen LogP contribution is -2.39. The molecule has 0 amide bonds. The van der Waals surface area contributed by atoms with Crippen LogP contribution < -0.4 is 5.73 Å². The number of benzene rings is 1. The summed E-state index contributed by atoms with van der Waals surface area (Å²) in [5.74, 6) is 0.417. The Balaban J connectivity index is 2.23. The van der Waals surface area contributed by atoms with Gasteiger partial charge in [0.15, 0.2) is 0 Å². The van der Waals surface area contributed by atoms with Crippen molar-refractivity contribution in [2.45, 2.75) is 45.0 Å². The summed E-state index contributed by atoms with van der Waals surface area (Å²) in [6, 6.07) is 7.67. The Morgan fingerprint density at radius 1 is 1.30 bits per heavy atom. The molecule has 1 atom stereocenters. The Morgan fingerprint density at radius 2 is 1.95 bits per heavy atom. The zero-order chi connectivity index (χ0) is 14.8. The van der Waals surface area contributed by atoms with Crippen LogP contribution >= 0.6 is 0 Å². The molecule has 1 heterocycles. The SMILES string of the molecule is CC(C)C1CCCN1S(=O)(=O)Cc1ccccc1CN. The van der Waals surface area contributed by atoms with Crippen LogP contribution in [0.25, 0.3) is 0 Å². The summed E-state index contributed by atoms with van der Waals surface area (Å²) in [7, 11) is -3.26. The van der Waals surface area contributed by atoms with Crippen molar-refractivity contribution < 1.29 is 8.42 Å². The number of rotatable bonds is 5. The van der Waals surface area contributed by atoms with Crippen molar-refractivity contribution in [2.75, 3.05) is 6.54 Å².